The van der Waals surface area contributed by atoms with Crippen LogP contribution in [-0.4, -0.2) is 40.3 Å². The summed E-state index contributed by atoms with van der Waals surface area (Å²) in [5.41, 5.74) is 1.58. The highest BCUT2D eigenvalue weighted by atomic mass is 16.6. The van der Waals surface area contributed by atoms with E-state index in [0.717, 1.165) is 17.7 Å². The van der Waals surface area contributed by atoms with Crippen LogP contribution in [0.3, 0.4) is 0 Å². The Hall–Kier alpha value is -1.78. The van der Waals surface area contributed by atoms with E-state index in [9.17, 15) is 4.79 Å². The Balaban J connectivity index is 2.00. The van der Waals surface area contributed by atoms with E-state index in [1.807, 2.05) is 53.7 Å². The summed E-state index contributed by atoms with van der Waals surface area (Å²) >= 11 is 0. The number of rotatable bonds is 2. The van der Waals surface area contributed by atoms with Crippen LogP contribution in [0.15, 0.2) is 12.1 Å². The van der Waals surface area contributed by atoms with E-state index in [-0.39, 0.29) is 18.2 Å². The molecule has 2 rings (SSSR count). The van der Waals surface area contributed by atoms with Gasteiger partial charge in [0.2, 0.25) is 5.88 Å². The maximum absolute atomic E-state index is 12.2. The number of carbonyl (C=O) groups excluding carboxylic acids is 1. The summed E-state index contributed by atoms with van der Waals surface area (Å²) in [4.78, 5) is 18.3. The van der Waals surface area contributed by atoms with Gasteiger partial charge in [-0.3, -0.25) is 0 Å². The minimum absolute atomic E-state index is 0.0452. The highest BCUT2D eigenvalue weighted by Gasteiger charge is 2.36. The average Bonchev–Trinajstić information content (AvgIpc) is 2.66. The average molecular weight is 306 g/mol. The summed E-state index contributed by atoms with van der Waals surface area (Å²) < 4.78 is 11.4. The van der Waals surface area contributed by atoms with Crippen molar-refractivity contribution in [2.45, 2.75) is 65.7 Å². The lowest BCUT2D eigenvalue weighted by atomic mass is 10.2. The molecular weight excluding hydrogens is 280 g/mol. The molecule has 0 saturated carbocycles. The Bertz CT molecular complexity index is 531. The first-order valence-electron chi connectivity index (χ1n) is 7.75. The van der Waals surface area contributed by atoms with Crippen LogP contribution in [0.4, 0.5) is 4.79 Å². The van der Waals surface area contributed by atoms with Gasteiger partial charge >= 0.3 is 6.09 Å². The molecule has 0 spiro atoms. The van der Waals surface area contributed by atoms with Crippen molar-refractivity contribution in [3.05, 3.63) is 23.4 Å². The summed E-state index contributed by atoms with van der Waals surface area (Å²) in [6.07, 6.45) is 0.462. The fraction of sp³-hybridized carbons (Fsp3) is 0.647. The monoisotopic (exact) mass is 306 g/mol. The predicted molar refractivity (Wildman–Crippen MR) is 85.1 cm³/mol. The number of aryl methyl sites for hydroxylation is 2. The zero-order valence-corrected chi connectivity index (χ0v) is 14.3. The van der Waals surface area contributed by atoms with Crippen molar-refractivity contribution in [1.29, 1.82) is 0 Å². The van der Waals surface area contributed by atoms with Crippen LogP contribution >= 0.6 is 0 Å². The Morgan fingerprint density at radius 2 is 2.00 bits per heavy atom. The lowest BCUT2D eigenvalue weighted by molar-refractivity contribution is 0.0223. The van der Waals surface area contributed by atoms with Crippen molar-refractivity contribution in [2.24, 2.45) is 0 Å². The van der Waals surface area contributed by atoms with Gasteiger partial charge in [0, 0.05) is 24.2 Å². The molecule has 0 aliphatic carbocycles. The third-order valence-corrected chi connectivity index (χ3v) is 3.53. The molecule has 2 heterocycles. The van der Waals surface area contributed by atoms with Crippen LogP contribution in [0, 0.1) is 13.8 Å². The molecule has 0 N–H and O–H groups in total. The number of hydrogen-bond donors (Lipinski definition) is 0. The Morgan fingerprint density at radius 1 is 1.32 bits per heavy atom. The number of aromatic nitrogens is 1. The van der Waals surface area contributed by atoms with Gasteiger partial charge in [-0.25, -0.2) is 9.78 Å². The van der Waals surface area contributed by atoms with Gasteiger partial charge in [0.25, 0.3) is 0 Å². The third-order valence-electron chi connectivity index (χ3n) is 3.53. The largest absolute Gasteiger partial charge is 0.472 e. The van der Waals surface area contributed by atoms with Crippen LogP contribution < -0.4 is 4.74 Å². The highest BCUT2D eigenvalue weighted by molar-refractivity contribution is 5.69. The van der Waals surface area contributed by atoms with Crippen molar-refractivity contribution < 1.29 is 14.3 Å². The van der Waals surface area contributed by atoms with Crippen LogP contribution in [0.1, 0.15) is 45.4 Å². The molecule has 0 radical (unpaired) electrons. The molecule has 1 fully saturated rings. The number of ether oxygens (including phenoxy) is 2. The maximum Gasteiger partial charge on any atom is 0.410 e. The second-order valence-electron chi connectivity index (χ2n) is 7.08. The summed E-state index contributed by atoms with van der Waals surface area (Å²) in [7, 11) is 0. The van der Waals surface area contributed by atoms with Crippen molar-refractivity contribution in [3.63, 3.8) is 0 Å². The quantitative estimate of drug-likeness (QED) is 0.839. The zero-order valence-electron chi connectivity index (χ0n) is 14.3. The number of amides is 1. The normalized spacial score (nSPS) is 21.8. The summed E-state index contributed by atoms with van der Waals surface area (Å²) in [5, 5.41) is 0. The molecule has 0 bridgehead atoms. The van der Waals surface area contributed by atoms with Crippen LogP contribution in [0.5, 0.6) is 5.88 Å². The van der Waals surface area contributed by atoms with E-state index in [2.05, 4.69) is 4.98 Å². The predicted octanol–water partition coefficient (Wildman–Crippen LogP) is 3.48. The molecule has 5 heteroatoms. The van der Waals surface area contributed by atoms with E-state index < -0.39 is 5.60 Å². The van der Waals surface area contributed by atoms with Crippen molar-refractivity contribution in [1.82, 2.24) is 9.88 Å². The molecule has 1 saturated heterocycles. The molecule has 2 atom stereocenters. The number of pyridine rings is 1. The Kier molecular flexibility index (Phi) is 4.63. The Labute approximate surface area is 132 Å². The van der Waals surface area contributed by atoms with Crippen molar-refractivity contribution >= 4 is 6.09 Å². The molecule has 0 aromatic carbocycles. The fourth-order valence-electron chi connectivity index (χ4n) is 2.68. The summed E-state index contributed by atoms with van der Waals surface area (Å²) in [6, 6.07) is 4.04. The zero-order chi connectivity index (χ0) is 16.5. The molecule has 22 heavy (non-hydrogen) atoms. The lowest BCUT2D eigenvalue weighted by Gasteiger charge is -2.26. The number of carbonyl (C=O) groups is 1. The smallest absolute Gasteiger partial charge is 0.410 e. The van der Waals surface area contributed by atoms with Gasteiger partial charge < -0.3 is 14.4 Å². The van der Waals surface area contributed by atoms with E-state index in [1.165, 1.54) is 0 Å². The first-order valence-corrected chi connectivity index (χ1v) is 7.75. The first-order chi connectivity index (χ1) is 10.1. The molecule has 1 aromatic heterocycles. The number of nitrogens with zero attached hydrogens (tertiary/aromatic N) is 2. The third kappa shape index (κ3) is 4.36. The standard InChI is InChI=1S/C17H26N2O3/c1-11-7-12(2)18-15(8-11)21-14-9-13(3)19(10-14)16(20)22-17(4,5)6/h7-8,13-14H,9-10H2,1-6H3/t13-,14+/m0/s1. The van der Waals surface area contributed by atoms with E-state index in [1.54, 1.807) is 4.90 Å². The second kappa shape index (κ2) is 6.15. The SMILES string of the molecule is Cc1cc(C)nc(O[C@@H]2C[C@H](C)N(C(=O)OC(C)(C)C)C2)c1. The van der Waals surface area contributed by atoms with E-state index >= 15 is 0 Å². The molecule has 1 aliphatic rings. The molecule has 1 aromatic rings. The van der Waals surface area contributed by atoms with Gasteiger partial charge in [0.1, 0.15) is 11.7 Å². The number of hydrogen-bond acceptors (Lipinski definition) is 4. The summed E-state index contributed by atoms with van der Waals surface area (Å²) in [6.45, 7) is 12.1. The van der Waals surface area contributed by atoms with E-state index in [4.69, 9.17) is 9.47 Å². The summed E-state index contributed by atoms with van der Waals surface area (Å²) in [5.74, 6) is 0.626. The molecule has 1 amide bonds. The van der Waals surface area contributed by atoms with Crippen LogP contribution in [0.25, 0.3) is 0 Å². The van der Waals surface area contributed by atoms with Gasteiger partial charge in [0.05, 0.1) is 6.54 Å². The van der Waals surface area contributed by atoms with Gasteiger partial charge in [-0.1, -0.05) is 0 Å². The topological polar surface area (TPSA) is 51.7 Å². The van der Waals surface area contributed by atoms with Gasteiger partial charge in [-0.2, -0.15) is 0 Å². The van der Waals surface area contributed by atoms with Gasteiger partial charge in [-0.15, -0.1) is 0 Å². The van der Waals surface area contributed by atoms with Gasteiger partial charge in [0.15, 0.2) is 0 Å². The minimum Gasteiger partial charge on any atom is -0.472 e. The van der Waals surface area contributed by atoms with Crippen LogP contribution in [-0.2, 0) is 4.74 Å². The first kappa shape index (κ1) is 16.6. The van der Waals surface area contributed by atoms with Crippen molar-refractivity contribution in [2.75, 3.05) is 6.54 Å². The number of likely N-dealkylation sites (tertiary alicyclic amines) is 1. The Morgan fingerprint density at radius 3 is 2.59 bits per heavy atom. The molecule has 5 nitrogen and oxygen atoms in total. The maximum atomic E-state index is 12.2. The second-order valence-corrected chi connectivity index (χ2v) is 7.08. The lowest BCUT2D eigenvalue weighted by Crippen LogP contribution is -2.39. The fourth-order valence-corrected chi connectivity index (χ4v) is 2.68. The molecule has 122 valence electrons. The van der Waals surface area contributed by atoms with E-state index in [0.29, 0.717) is 12.4 Å². The minimum atomic E-state index is -0.481. The van der Waals surface area contributed by atoms with Crippen LogP contribution in [0.2, 0.25) is 0 Å². The highest BCUT2D eigenvalue weighted by Crippen LogP contribution is 2.24. The molecule has 0 unspecified atom stereocenters. The molecule has 1 aliphatic heterocycles. The van der Waals surface area contributed by atoms with Crippen molar-refractivity contribution in [3.8, 4) is 5.88 Å². The molecular formula is C17H26N2O3. The van der Waals surface area contributed by atoms with Gasteiger partial charge in [-0.05, 0) is 53.2 Å².